The fourth-order valence-electron chi connectivity index (χ4n) is 0.910. The molecule has 0 spiro atoms. The van der Waals surface area contributed by atoms with Gasteiger partial charge in [0.1, 0.15) is 5.82 Å². The van der Waals surface area contributed by atoms with Gasteiger partial charge in [0.05, 0.1) is 10.6 Å². The predicted octanol–water partition coefficient (Wildman–Crippen LogP) is 1.50. The summed E-state index contributed by atoms with van der Waals surface area (Å²) in [6.45, 7) is 0. The highest BCUT2D eigenvalue weighted by Crippen LogP contribution is 2.24. The Morgan fingerprint density at radius 2 is 2.23 bits per heavy atom. The number of carboxylic acid groups (broad SMARTS) is 1. The highest BCUT2D eigenvalue weighted by Gasteiger charge is 2.13. The first-order valence-corrected chi connectivity index (χ1v) is 3.97. The number of aromatic nitrogens is 1. The van der Waals surface area contributed by atoms with E-state index in [0.29, 0.717) is 5.82 Å². The van der Waals surface area contributed by atoms with E-state index in [9.17, 15) is 4.79 Å². The Morgan fingerprint density at radius 3 is 2.69 bits per heavy atom. The van der Waals surface area contributed by atoms with Gasteiger partial charge in [0, 0.05) is 20.3 Å². The number of hydrogen-bond acceptors (Lipinski definition) is 3. The van der Waals surface area contributed by atoms with Gasteiger partial charge < -0.3 is 10.0 Å². The Kier molecular flexibility index (Phi) is 2.72. The number of nitrogens with zero attached hydrogens (tertiary/aromatic N) is 2. The first-order chi connectivity index (χ1) is 6.04. The summed E-state index contributed by atoms with van der Waals surface area (Å²) in [7, 11) is 3.50. The molecule has 1 aromatic heterocycles. The molecule has 0 saturated carbocycles. The zero-order valence-corrected chi connectivity index (χ0v) is 8.04. The highest BCUT2D eigenvalue weighted by molar-refractivity contribution is 6.35. The summed E-state index contributed by atoms with van der Waals surface area (Å²) in [4.78, 5) is 16.3. The van der Waals surface area contributed by atoms with Crippen molar-refractivity contribution >= 4 is 23.4 Å². The SMILES string of the molecule is CN(C)c1nccc(C(=O)O)c1Cl. The topological polar surface area (TPSA) is 53.4 Å². The minimum Gasteiger partial charge on any atom is -0.478 e. The van der Waals surface area contributed by atoms with Crippen molar-refractivity contribution < 1.29 is 9.90 Å². The van der Waals surface area contributed by atoms with Crippen LogP contribution in [0.2, 0.25) is 5.02 Å². The van der Waals surface area contributed by atoms with Crippen molar-refractivity contribution in [3.8, 4) is 0 Å². The van der Waals surface area contributed by atoms with Gasteiger partial charge in [-0.2, -0.15) is 0 Å². The van der Waals surface area contributed by atoms with Gasteiger partial charge in [0.2, 0.25) is 0 Å². The van der Waals surface area contributed by atoms with E-state index in [4.69, 9.17) is 16.7 Å². The van der Waals surface area contributed by atoms with Crippen LogP contribution in [-0.4, -0.2) is 30.2 Å². The largest absolute Gasteiger partial charge is 0.478 e. The monoisotopic (exact) mass is 200 g/mol. The van der Waals surface area contributed by atoms with E-state index in [-0.39, 0.29) is 10.6 Å². The molecule has 0 aliphatic heterocycles. The van der Waals surface area contributed by atoms with Crippen molar-refractivity contribution in [2.75, 3.05) is 19.0 Å². The van der Waals surface area contributed by atoms with Gasteiger partial charge >= 0.3 is 5.97 Å². The second-order valence-corrected chi connectivity index (χ2v) is 3.07. The fourth-order valence-corrected chi connectivity index (χ4v) is 1.27. The summed E-state index contributed by atoms with van der Waals surface area (Å²) in [5.74, 6) is -0.586. The molecule has 0 atom stereocenters. The molecule has 1 heterocycles. The first-order valence-electron chi connectivity index (χ1n) is 3.59. The maximum absolute atomic E-state index is 10.7. The highest BCUT2D eigenvalue weighted by atomic mass is 35.5. The summed E-state index contributed by atoms with van der Waals surface area (Å²) in [6, 6.07) is 1.37. The van der Waals surface area contributed by atoms with Gasteiger partial charge in [-0.15, -0.1) is 0 Å². The second-order valence-electron chi connectivity index (χ2n) is 2.70. The Labute approximate surface area is 80.8 Å². The molecular formula is C8H9ClN2O2. The molecule has 0 bridgehead atoms. The maximum Gasteiger partial charge on any atom is 0.337 e. The first kappa shape index (κ1) is 9.80. The van der Waals surface area contributed by atoms with Crippen LogP contribution >= 0.6 is 11.6 Å². The van der Waals surface area contributed by atoms with Crippen LogP contribution in [0, 0.1) is 0 Å². The molecule has 1 rings (SSSR count). The molecule has 4 nitrogen and oxygen atoms in total. The van der Waals surface area contributed by atoms with Crippen LogP contribution in [0.4, 0.5) is 5.82 Å². The lowest BCUT2D eigenvalue weighted by molar-refractivity contribution is 0.0697. The summed E-state index contributed by atoms with van der Waals surface area (Å²) in [6.07, 6.45) is 1.42. The lowest BCUT2D eigenvalue weighted by Crippen LogP contribution is -2.12. The summed E-state index contributed by atoms with van der Waals surface area (Å²) < 4.78 is 0. The zero-order chi connectivity index (χ0) is 10.0. The molecule has 0 aliphatic rings. The number of carboxylic acids is 1. The van der Waals surface area contributed by atoms with Crippen LogP contribution < -0.4 is 4.90 Å². The van der Waals surface area contributed by atoms with Crippen LogP contribution in [0.1, 0.15) is 10.4 Å². The van der Waals surface area contributed by atoms with E-state index in [1.165, 1.54) is 12.3 Å². The third-order valence-electron chi connectivity index (χ3n) is 1.52. The molecule has 0 radical (unpaired) electrons. The minimum absolute atomic E-state index is 0.0698. The van der Waals surface area contributed by atoms with Gasteiger partial charge in [-0.3, -0.25) is 0 Å². The molecule has 1 N–H and O–H groups in total. The lowest BCUT2D eigenvalue weighted by Gasteiger charge is -2.13. The van der Waals surface area contributed by atoms with E-state index in [0.717, 1.165) is 0 Å². The second kappa shape index (κ2) is 3.62. The van der Waals surface area contributed by atoms with Gasteiger partial charge in [0.15, 0.2) is 0 Å². The van der Waals surface area contributed by atoms with Crippen molar-refractivity contribution in [3.05, 3.63) is 22.8 Å². The van der Waals surface area contributed by atoms with E-state index < -0.39 is 5.97 Å². The van der Waals surface area contributed by atoms with Gasteiger partial charge in [-0.1, -0.05) is 11.6 Å². The van der Waals surface area contributed by atoms with Crippen LogP contribution in [0.5, 0.6) is 0 Å². The predicted molar refractivity (Wildman–Crippen MR) is 50.5 cm³/mol. The van der Waals surface area contributed by atoms with Crippen LogP contribution in [0.25, 0.3) is 0 Å². The lowest BCUT2D eigenvalue weighted by atomic mass is 10.2. The maximum atomic E-state index is 10.7. The van der Waals surface area contributed by atoms with E-state index >= 15 is 0 Å². The third-order valence-corrected chi connectivity index (χ3v) is 1.90. The number of hydrogen-bond donors (Lipinski definition) is 1. The van der Waals surface area contributed by atoms with Gasteiger partial charge in [0.25, 0.3) is 0 Å². The quantitative estimate of drug-likeness (QED) is 0.786. The third kappa shape index (κ3) is 1.89. The van der Waals surface area contributed by atoms with Crippen LogP contribution in [0.15, 0.2) is 12.3 Å². The smallest absolute Gasteiger partial charge is 0.337 e. The molecule has 13 heavy (non-hydrogen) atoms. The summed E-state index contributed by atoms with van der Waals surface area (Å²) in [5.41, 5.74) is 0.0698. The molecule has 0 saturated heterocycles. The Morgan fingerprint density at radius 1 is 1.62 bits per heavy atom. The molecule has 1 aromatic rings. The molecule has 0 aromatic carbocycles. The van der Waals surface area contributed by atoms with Crippen molar-refractivity contribution in [1.29, 1.82) is 0 Å². The van der Waals surface area contributed by atoms with E-state index in [2.05, 4.69) is 4.98 Å². The average molecular weight is 201 g/mol. The normalized spacial score (nSPS) is 9.77. The van der Waals surface area contributed by atoms with Gasteiger partial charge in [-0.25, -0.2) is 9.78 Å². The van der Waals surface area contributed by atoms with Crippen LogP contribution in [-0.2, 0) is 0 Å². The summed E-state index contributed by atoms with van der Waals surface area (Å²) >= 11 is 5.81. The number of rotatable bonds is 2. The molecular weight excluding hydrogens is 192 g/mol. The fraction of sp³-hybridized carbons (Fsp3) is 0.250. The average Bonchev–Trinajstić information content (AvgIpc) is 2.03. The zero-order valence-electron chi connectivity index (χ0n) is 7.28. The number of carbonyl (C=O) groups is 1. The molecule has 5 heteroatoms. The minimum atomic E-state index is -1.05. The molecule has 0 aliphatic carbocycles. The van der Waals surface area contributed by atoms with Crippen molar-refractivity contribution in [2.24, 2.45) is 0 Å². The van der Waals surface area contributed by atoms with Gasteiger partial charge in [-0.05, 0) is 6.07 Å². The van der Waals surface area contributed by atoms with Crippen molar-refractivity contribution in [2.45, 2.75) is 0 Å². The summed E-state index contributed by atoms with van der Waals surface area (Å²) in [5, 5.41) is 8.91. The number of anilines is 1. The van der Waals surface area contributed by atoms with Crippen LogP contribution in [0.3, 0.4) is 0 Å². The molecule has 0 fully saturated rings. The van der Waals surface area contributed by atoms with Crippen molar-refractivity contribution in [1.82, 2.24) is 4.98 Å². The molecule has 0 amide bonds. The Hall–Kier alpha value is -1.29. The number of aromatic carboxylic acids is 1. The number of halogens is 1. The molecule has 70 valence electrons. The standard InChI is InChI=1S/C8H9ClN2O2/c1-11(2)7-6(9)5(8(12)13)3-4-10-7/h3-4H,1-2H3,(H,12,13). The Bertz CT molecular complexity index is 339. The van der Waals surface area contributed by atoms with E-state index in [1.807, 2.05) is 0 Å². The van der Waals surface area contributed by atoms with E-state index in [1.54, 1.807) is 19.0 Å². The van der Waals surface area contributed by atoms with Crippen molar-refractivity contribution in [3.63, 3.8) is 0 Å². The number of pyridine rings is 1. The molecule has 0 unspecified atom stereocenters. The Balaban J connectivity index is 3.26.